The largest absolute Gasteiger partial charge is 0.455 e. The minimum atomic E-state index is -0.929. The van der Waals surface area contributed by atoms with Crippen molar-refractivity contribution >= 4 is 11.9 Å². The molecule has 1 aromatic rings. The Balaban J connectivity index is 2.46. The molecule has 20 heavy (non-hydrogen) atoms. The van der Waals surface area contributed by atoms with Crippen LogP contribution in [0.1, 0.15) is 48.4 Å². The zero-order valence-electron chi connectivity index (χ0n) is 12.0. The van der Waals surface area contributed by atoms with E-state index in [1.54, 1.807) is 26.0 Å². The molecule has 0 radical (unpaired) electrons. The highest BCUT2D eigenvalue weighted by Gasteiger charge is 2.40. The summed E-state index contributed by atoms with van der Waals surface area (Å²) in [6, 6.07) is 6.36. The summed E-state index contributed by atoms with van der Waals surface area (Å²) in [5.74, 6) is -1.23. The molecule has 0 saturated heterocycles. The van der Waals surface area contributed by atoms with Gasteiger partial charge in [0.15, 0.2) is 0 Å². The van der Waals surface area contributed by atoms with E-state index in [1.807, 2.05) is 13.8 Å². The molecular weight excluding hydrogens is 260 g/mol. The summed E-state index contributed by atoms with van der Waals surface area (Å²) in [7, 11) is 0. The van der Waals surface area contributed by atoms with Crippen molar-refractivity contribution in [3.63, 3.8) is 0 Å². The van der Waals surface area contributed by atoms with Crippen LogP contribution < -0.4 is 0 Å². The van der Waals surface area contributed by atoms with Gasteiger partial charge in [-0.2, -0.15) is 4.89 Å². The summed E-state index contributed by atoms with van der Waals surface area (Å²) in [6.07, 6.45) is -0.533. The van der Waals surface area contributed by atoms with Gasteiger partial charge in [0.1, 0.15) is 11.7 Å². The van der Waals surface area contributed by atoms with Crippen molar-refractivity contribution < 1.29 is 24.1 Å². The Kier molecular flexibility index (Phi) is 3.81. The van der Waals surface area contributed by atoms with E-state index in [9.17, 15) is 9.59 Å². The third kappa shape index (κ3) is 2.67. The molecule has 0 aromatic heterocycles. The van der Waals surface area contributed by atoms with Gasteiger partial charge in [-0.15, -0.1) is 0 Å². The van der Waals surface area contributed by atoms with E-state index in [-0.39, 0.29) is 17.0 Å². The van der Waals surface area contributed by atoms with Crippen LogP contribution in [0.2, 0.25) is 0 Å². The molecule has 5 heteroatoms. The first-order chi connectivity index (χ1) is 9.33. The molecule has 0 amide bonds. The standard InChI is InChI=1S/C15H18O5/c1-9(2)12-15(3,4)20-19-14(17)11-8-6-5-7-10(11)13(16)18-12/h5-9,12H,1-4H3. The number of rotatable bonds is 1. The lowest BCUT2D eigenvalue weighted by atomic mass is 9.92. The average Bonchev–Trinajstić information content (AvgIpc) is 2.43. The molecule has 5 nitrogen and oxygen atoms in total. The fourth-order valence-corrected chi connectivity index (χ4v) is 2.34. The van der Waals surface area contributed by atoms with Gasteiger partial charge in [-0.3, -0.25) is 4.89 Å². The first-order valence-corrected chi connectivity index (χ1v) is 6.53. The van der Waals surface area contributed by atoms with Crippen molar-refractivity contribution in [1.82, 2.24) is 0 Å². The molecule has 1 aliphatic rings. The van der Waals surface area contributed by atoms with Crippen molar-refractivity contribution in [2.24, 2.45) is 5.92 Å². The van der Waals surface area contributed by atoms with Crippen LogP contribution in [0.4, 0.5) is 0 Å². The Morgan fingerprint density at radius 3 is 2.15 bits per heavy atom. The van der Waals surface area contributed by atoms with Gasteiger partial charge in [0.05, 0.1) is 11.1 Å². The number of cyclic esters (lactones) is 1. The smallest absolute Gasteiger partial charge is 0.373 e. The van der Waals surface area contributed by atoms with E-state index in [0.29, 0.717) is 0 Å². The quantitative estimate of drug-likeness (QED) is 0.584. The summed E-state index contributed by atoms with van der Waals surface area (Å²) in [5.41, 5.74) is -0.608. The Labute approximate surface area is 117 Å². The highest BCUT2D eigenvalue weighted by molar-refractivity contribution is 6.03. The van der Waals surface area contributed by atoms with Crippen molar-refractivity contribution in [1.29, 1.82) is 0 Å². The number of hydrogen-bond donors (Lipinski definition) is 0. The van der Waals surface area contributed by atoms with Crippen LogP contribution >= 0.6 is 0 Å². The molecule has 0 spiro atoms. The lowest BCUT2D eigenvalue weighted by Gasteiger charge is -2.33. The van der Waals surface area contributed by atoms with Crippen molar-refractivity contribution in [2.45, 2.75) is 39.4 Å². The zero-order chi connectivity index (χ0) is 14.9. The fraction of sp³-hybridized carbons (Fsp3) is 0.467. The number of fused-ring (bicyclic) bond motifs is 1. The van der Waals surface area contributed by atoms with Crippen LogP contribution in [0.15, 0.2) is 24.3 Å². The third-order valence-electron chi connectivity index (χ3n) is 3.22. The lowest BCUT2D eigenvalue weighted by Crippen LogP contribution is -2.45. The van der Waals surface area contributed by atoms with Gasteiger partial charge in [0.2, 0.25) is 0 Å². The second kappa shape index (κ2) is 5.25. The fourth-order valence-electron chi connectivity index (χ4n) is 2.34. The number of hydrogen-bond acceptors (Lipinski definition) is 5. The van der Waals surface area contributed by atoms with Gasteiger partial charge in [-0.1, -0.05) is 26.0 Å². The highest BCUT2D eigenvalue weighted by atomic mass is 17.2. The van der Waals surface area contributed by atoms with Gasteiger partial charge >= 0.3 is 11.9 Å². The summed E-state index contributed by atoms with van der Waals surface area (Å²) in [4.78, 5) is 34.3. The maximum Gasteiger partial charge on any atom is 0.373 e. The predicted molar refractivity (Wildman–Crippen MR) is 71.1 cm³/mol. The Hall–Kier alpha value is -1.88. The van der Waals surface area contributed by atoms with Crippen molar-refractivity contribution in [3.05, 3.63) is 35.4 Å². The molecule has 1 unspecified atom stereocenters. The maximum absolute atomic E-state index is 12.3. The lowest BCUT2D eigenvalue weighted by molar-refractivity contribution is -0.329. The molecule has 0 aliphatic carbocycles. The number of benzene rings is 1. The molecule has 1 aliphatic heterocycles. The molecule has 1 heterocycles. The molecular formula is C15H18O5. The summed E-state index contributed by atoms with van der Waals surface area (Å²) >= 11 is 0. The van der Waals surface area contributed by atoms with Gasteiger partial charge in [-0.05, 0) is 31.9 Å². The van der Waals surface area contributed by atoms with Crippen LogP contribution in [-0.4, -0.2) is 23.6 Å². The summed E-state index contributed by atoms with van der Waals surface area (Å²) < 4.78 is 5.53. The molecule has 1 atom stereocenters. The van der Waals surface area contributed by atoms with E-state index in [4.69, 9.17) is 14.5 Å². The molecule has 2 rings (SSSR count). The Bertz CT molecular complexity index is 533. The molecule has 0 bridgehead atoms. The summed E-state index contributed by atoms with van der Waals surface area (Å²) in [6.45, 7) is 7.26. The maximum atomic E-state index is 12.3. The van der Waals surface area contributed by atoms with Crippen LogP contribution in [0, 0.1) is 5.92 Å². The normalized spacial score (nSPS) is 22.1. The minimum Gasteiger partial charge on any atom is -0.455 e. The number of carbonyl (C=O) groups excluding carboxylic acids is 2. The Morgan fingerprint density at radius 2 is 1.60 bits per heavy atom. The predicted octanol–water partition coefficient (Wildman–Crippen LogP) is 2.75. The number of esters is 1. The van der Waals surface area contributed by atoms with Crippen LogP contribution in [0.3, 0.4) is 0 Å². The van der Waals surface area contributed by atoms with Gasteiger partial charge in [-0.25, -0.2) is 9.59 Å². The summed E-state index contributed by atoms with van der Waals surface area (Å²) in [5, 5.41) is 0. The van der Waals surface area contributed by atoms with E-state index >= 15 is 0 Å². The van der Waals surface area contributed by atoms with Gasteiger partial charge < -0.3 is 4.74 Å². The van der Waals surface area contributed by atoms with Gasteiger partial charge in [0, 0.05) is 0 Å². The second-order valence-electron chi connectivity index (χ2n) is 5.67. The second-order valence-corrected chi connectivity index (χ2v) is 5.67. The topological polar surface area (TPSA) is 61.8 Å². The Morgan fingerprint density at radius 1 is 1.05 bits per heavy atom. The monoisotopic (exact) mass is 278 g/mol. The zero-order valence-corrected chi connectivity index (χ0v) is 12.0. The highest BCUT2D eigenvalue weighted by Crippen LogP contribution is 2.28. The first-order valence-electron chi connectivity index (χ1n) is 6.53. The number of carbonyl (C=O) groups is 2. The molecule has 0 fully saturated rings. The van der Waals surface area contributed by atoms with E-state index in [0.717, 1.165) is 0 Å². The third-order valence-corrected chi connectivity index (χ3v) is 3.22. The van der Waals surface area contributed by atoms with E-state index in [2.05, 4.69) is 0 Å². The first kappa shape index (κ1) is 14.5. The number of ether oxygens (including phenoxy) is 1. The van der Waals surface area contributed by atoms with Crippen molar-refractivity contribution in [3.8, 4) is 0 Å². The minimum absolute atomic E-state index is 0.0120. The average molecular weight is 278 g/mol. The van der Waals surface area contributed by atoms with E-state index < -0.39 is 23.6 Å². The SMILES string of the molecule is CC(C)C1OC(=O)c2ccccc2C(=O)OOC1(C)C. The van der Waals surface area contributed by atoms with Crippen LogP contribution in [0.5, 0.6) is 0 Å². The van der Waals surface area contributed by atoms with E-state index in [1.165, 1.54) is 12.1 Å². The van der Waals surface area contributed by atoms with Crippen molar-refractivity contribution in [2.75, 3.05) is 0 Å². The van der Waals surface area contributed by atoms with Crippen LogP contribution in [-0.2, 0) is 14.5 Å². The molecule has 1 aromatic carbocycles. The molecule has 108 valence electrons. The molecule has 0 N–H and O–H groups in total. The molecule has 0 saturated carbocycles. The van der Waals surface area contributed by atoms with Gasteiger partial charge in [0.25, 0.3) is 0 Å². The van der Waals surface area contributed by atoms with Crippen LogP contribution in [0.25, 0.3) is 0 Å².